The number of anilines is 1. The van der Waals surface area contributed by atoms with E-state index in [4.69, 9.17) is 9.47 Å². The number of hydrogen-bond acceptors (Lipinski definition) is 5. The zero-order valence-corrected chi connectivity index (χ0v) is 18.2. The molecule has 0 unspecified atom stereocenters. The van der Waals surface area contributed by atoms with Gasteiger partial charge in [-0.3, -0.25) is 4.79 Å². The molecule has 1 amide bonds. The minimum absolute atomic E-state index is 0.167. The molecule has 1 aromatic heterocycles. The largest absolute Gasteiger partial charge is 0.497 e. The molecule has 1 atom stereocenters. The Morgan fingerprint density at radius 3 is 2.36 bits per heavy atom. The highest BCUT2D eigenvalue weighted by Crippen LogP contribution is 2.38. The highest BCUT2D eigenvalue weighted by molar-refractivity contribution is 7.16. The highest BCUT2D eigenvalue weighted by atomic mass is 32.1. The van der Waals surface area contributed by atoms with Gasteiger partial charge in [0.15, 0.2) is 0 Å². The molecule has 0 aliphatic carbocycles. The molecule has 0 saturated carbocycles. The van der Waals surface area contributed by atoms with E-state index in [0.29, 0.717) is 21.9 Å². The fraction of sp³-hybridized carbons (Fsp3) is 0.455. The van der Waals surface area contributed by atoms with E-state index in [1.165, 1.54) is 11.3 Å². The molecule has 2 rings (SSSR count). The van der Waals surface area contributed by atoms with E-state index >= 15 is 0 Å². The second-order valence-corrected chi connectivity index (χ2v) is 9.04. The van der Waals surface area contributed by atoms with Gasteiger partial charge in [0.05, 0.1) is 19.3 Å². The van der Waals surface area contributed by atoms with E-state index < -0.39 is 5.97 Å². The molecule has 5 nitrogen and oxygen atoms in total. The quantitative estimate of drug-likeness (QED) is 0.600. The standard InChI is InChI=1S/C22H29NO4S/c1-7-27-21(25)17-12-18(14(2)13-22(3,4)5)28-20(17)23-19(24)15-8-10-16(26-6)11-9-15/h8-12,14H,7,13H2,1-6H3,(H,23,24)/t14-/m1/s1. The van der Waals surface area contributed by atoms with Crippen molar-refractivity contribution < 1.29 is 19.1 Å². The molecule has 1 N–H and O–H groups in total. The number of carbonyl (C=O) groups excluding carboxylic acids is 2. The van der Waals surface area contributed by atoms with Crippen molar-refractivity contribution in [2.24, 2.45) is 5.41 Å². The predicted octanol–water partition coefficient (Wildman–Crippen LogP) is 5.73. The first kappa shape index (κ1) is 22.0. The fourth-order valence-corrected chi connectivity index (χ4v) is 4.14. The minimum atomic E-state index is -0.419. The fourth-order valence-electron chi connectivity index (χ4n) is 3.04. The number of esters is 1. The topological polar surface area (TPSA) is 64.6 Å². The van der Waals surface area contributed by atoms with Crippen molar-refractivity contribution in [2.45, 2.75) is 47.0 Å². The van der Waals surface area contributed by atoms with Crippen LogP contribution in [0, 0.1) is 5.41 Å². The monoisotopic (exact) mass is 403 g/mol. The summed E-state index contributed by atoms with van der Waals surface area (Å²) in [7, 11) is 1.58. The van der Waals surface area contributed by atoms with Gasteiger partial charge >= 0.3 is 5.97 Å². The summed E-state index contributed by atoms with van der Waals surface area (Å²) in [5.41, 5.74) is 1.07. The first-order valence-corrected chi connectivity index (χ1v) is 10.2. The van der Waals surface area contributed by atoms with Crippen molar-refractivity contribution in [1.29, 1.82) is 0 Å². The molecule has 0 aliphatic rings. The first-order chi connectivity index (χ1) is 13.1. The SMILES string of the molecule is CCOC(=O)c1cc([C@H](C)CC(C)(C)C)sc1NC(=O)c1ccc(OC)cc1. The second-order valence-electron chi connectivity index (χ2n) is 7.96. The maximum atomic E-state index is 12.7. The van der Waals surface area contributed by atoms with E-state index in [0.717, 1.165) is 11.3 Å². The zero-order chi connectivity index (χ0) is 20.9. The number of amides is 1. The molecule has 0 fully saturated rings. The summed E-state index contributed by atoms with van der Waals surface area (Å²) < 4.78 is 10.3. The Hall–Kier alpha value is -2.34. The van der Waals surface area contributed by atoms with Gasteiger partial charge < -0.3 is 14.8 Å². The van der Waals surface area contributed by atoms with Crippen LogP contribution in [0.25, 0.3) is 0 Å². The Kier molecular flexibility index (Phi) is 7.24. The van der Waals surface area contributed by atoms with Crippen LogP contribution in [-0.4, -0.2) is 25.6 Å². The van der Waals surface area contributed by atoms with Gasteiger partial charge in [0.2, 0.25) is 0 Å². The van der Waals surface area contributed by atoms with Crippen molar-refractivity contribution in [3.05, 3.63) is 46.3 Å². The van der Waals surface area contributed by atoms with Gasteiger partial charge in [-0.1, -0.05) is 27.7 Å². The summed E-state index contributed by atoms with van der Waals surface area (Å²) in [5.74, 6) is 0.256. The molecule has 0 bridgehead atoms. The second kappa shape index (κ2) is 9.24. The normalized spacial score (nSPS) is 12.4. The van der Waals surface area contributed by atoms with Crippen LogP contribution in [-0.2, 0) is 4.74 Å². The average Bonchev–Trinajstić information content (AvgIpc) is 3.04. The molecule has 0 spiro atoms. The molecule has 2 aromatic rings. The molecule has 1 heterocycles. The molecular formula is C22H29NO4S. The summed E-state index contributed by atoms with van der Waals surface area (Å²) in [4.78, 5) is 26.1. The molecule has 6 heteroatoms. The van der Waals surface area contributed by atoms with E-state index in [2.05, 4.69) is 33.0 Å². The van der Waals surface area contributed by atoms with Gasteiger partial charge in [-0.15, -0.1) is 11.3 Å². The Labute approximate surface area is 171 Å². The van der Waals surface area contributed by atoms with E-state index in [-0.39, 0.29) is 23.8 Å². The van der Waals surface area contributed by atoms with Gasteiger partial charge in [0.1, 0.15) is 10.8 Å². The van der Waals surface area contributed by atoms with Crippen LogP contribution in [0.1, 0.15) is 72.6 Å². The van der Waals surface area contributed by atoms with Crippen molar-refractivity contribution in [3.63, 3.8) is 0 Å². The number of benzene rings is 1. The summed E-state index contributed by atoms with van der Waals surface area (Å²) in [6.45, 7) is 10.8. The lowest BCUT2D eigenvalue weighted by atomic mass is 9.85. The van der Waals surface area contributed by atoms with Crippen LogP contribution in [0.4, 0.5) is 5.00 Å². The van der Waals surface area contributed by atoms with Gasteiger partial charge in [0.25, 0.3) is 5.91 Å². The number of rotatable bonds is 7. The van der Waals surface area contributed by atoms with Crippen molar-refractivity contribution in [2.75, 3.05) is 19.0 Å². The molecule has 0 aliphatic heterocycles. The summed E-state index contributed by atoms with van der Waals surface area (Å²) in [6, 6.07) is 8.69. The lowest BCUT2D eigenvalue weighted by molar-refractivity contribution is 0.0528. The van der Waals surface area contributed by atoms with E-state index in [1.54, 1.807) is 38.3 Å². The summed E-state index contributed by atoms with van der Waals surface area (Å²) >= 11 is 1.44. The highest BCUT2D eigenvalue weighted by Gasteiger charge is 2.24. The van der Waals surface area contributed by atoms with Crippen LogP contribution in [0.2, 0.25) is 0 Å². The average molecular weight is 404 g/mol. The maximum absolute atomic E-state index is 12.7. The van der Waals surface area contributed by atoms with Gasteiger partial charge in [-0.05, 0) is 55.0 Å². The van der Waals surface area contributed by atoms with E-state index in [9.17, 15) is 9.59 Å². The lowest BCUT2D eigenvalue weighted by Crippen LogP contribution is -2.14. The number of methoxy groups -OCH3 is 1. The summed E-state index contributed by atoms with van der Waals surface area (Å²) in [5, 5.41) is 3.40. The van der Waals surface area contributed by atoms with E-state index in [1.807, 2.05) is 6.07 Å². The smallest absolute Gasteiger partial charge is 0.341 e. The predicted molar refractivity (Wildman–Crippen MR) is 114 cm³/mol. The third-order valence-electron chi connectivity index (χ3n) is 4.23. The number of thiophene rings is 1. The van der Waals surface area contributed by atoms with Crippen LogP contribution in [0.5, 0.6) is 5.75 Å². The van der Waals surface area contributed by atoms with Crippen molar-refractivity contribution in [1.82, 2.24) is 0 Å². The molecule has 0 radical (unpaired) electrons. The Bertz CT molecular complexity index is 818. The van der Waals surface area contributed by atoms with Crippen molar-refractivity contribution in [3.8, 4) is 5.75 Å². The molecule has 1 aromatic carbocycles. The number of hydrogen-bond donors (Lipinski definition) is 1. The number of ether oxygens (including phenoxy) is 2. The first-order valence-electron chi connectivity index (χ1n) is 9.41. The Balaban J connectivity index is 2.29. The van der Waals surface area contributed by atoms with Crippen LogP contribution in [0.3, 0.4) is 0 Å². The lowest BCUT2D eigenvalue weighted by Gasteiger charge is -2.22. The van der Waals surface area contributed by atoms with Gasteiger partial charge in [0, 0.05) is 10.4 Å². The van der Waals surface area contributed by atoms with Crippen molar-refractivity contribution >= 4 is 28.2 Å². The maximum Gasteiger partial charge on any atom is 0.341 e. The number of carbonyl (C=O) groups is 2. The molecule has 152 valence electrons. The van der Waals surface area contributed by atoms with Crippen LogP contribution >= 0.6 is 11.3 Å². The number of nitrogens with one attached hydrogen (secondary N) is 1. The van der Waals surface area contributed by atoms with Gasteiger partial charge in [-0.2, -0.15) is 0 Å². The molecule has 28 heavy (non-hydrogen) atoms. The third-order valence-corrected chi connectivity index (χ3v) is 5.51. The van der Waals surface area contributed by atoms with Crippen LogP contribution < -0.4 is 10.1 Å². The summed E-state index contributed by atoms with van der Waals surface area (Å²) in [6.07, 6.45) is 0.974. The van der Waals surface area contributed by atoms with Crippen LogP contribution in [0.15, 0.2) is 30.3 Å². The molecule has 0 saturated heterocycles. The Morgan fingerprint density at radius 2 is 1.82 bits per heavy atom. The zero-order valence-electron chi connectivity index (χ0n) is 17.4. The minimum Gasteiger partial charge on any atom is -0.497 e. The third kappa shape index (κ3) is 5.83. The van der Waals surface area contributed by atoms with Gasteiger partial charge in [-0.25, -0.2) is 4.79 Å². The molecular weight excluding hydrogens is 374 g/mol. The Morgan fingerprint density at radius 1 is 1.18 bits per heavy atom.